The fourth-order valence-corrected chi connectivity index (χ4v) is 1.26. The molecule has 0 heterocycles. The second kappa shape index (κ2) is 2.08. The van der Waals surface area contributed by atoms with Gasteiger partial charge in [0.2, 0.25) is 0 Å². The summed E-state index contributed by atoms with van der Waals surface area (Å²) >= 11 is 0. The summed E-state index contributed by atoms with van der Waals surface area (Å²) in [5.74, 6) is 0. The summed E-state index contributed by atoms with van der Waals surface area (Å²) in [5, 5.41) is 0. The minimum atomic E-state index is 0.00764. The van der Waals surface area contributed by atoms with E-state index < -0.39 is 0 Å². The van der Waals surface area contributed by atoms with Crippen molar-refractivity contribution < 1.29 is 0 Å². The van der Waals surface area contributed by atoms with E-state index in [2.05, 4.69) is 19.1 Å². The molecule has 0 amide bonds. The second-order valence-electron chi connectivity index (χ2n) is 3.35. The highest BCUT2D eigenvalue weighted by Gasteiger charge is 2.39. The van der Waals surface area contributed by atoms with E-state index in [9.17, 15) is 0 Å². The van der Waals surface area contributed by atoms with E-state index in [1.807, 2.05) is 12.1 Å². The molecule has 2 rings (SSSR count). The molecule has 1 saturated carbocycles. The summed E-state index contributed by atoms with van der Waals surface area (Å²) in [7, 11) is 0. The van der Waals surface area contributed by atoms with Gasteiger partial charge in [0, 0.05) is 5.54 Å². The SMILES string of the molecule is [CH2]c1ccc(C2(N)CC2)cc1. The van der Waals surface area contributed by atoms with Crippen LogP contribution >= 0.6 is 0 Å². The summed E-state index contributed by atoms with van der Waals surface area (Å²) < 4.78 is 0. The van der Waals surface area contributed by atoms with E-state index in [1.165, 1.54) is 5.56 Å². The number of benzene rings is 1. The van der Waals surface area contributed by atoms with Gasteiger partial charge in [-0.05, 0) is 30.9 Å². The van der Waals surface area contributed by atoms with Gasteiger partial charge in [0.25, 0.3) is 0 Å². The Hall–Kier alpha value is -0.820. The van der Waals surface area contributed by atoms with Crippen LogP contribution in [-0.2, 0) is 5.54 Å². The Morgan fingerprint density at radius 3 is 2.18 bits per heavy atom. The molecule has 0 aromatic heterocycles. The molecule has 1 aliphatic rings. The molecule has 1 aliphatic carbocycles. The normalized spacial score (nSPS) is 19.8. The standard InChI is InChI=1S/C10H12N/c1-8-2-4-9(5-3-8)10(11)6-7-10/h2-5H,1,6-7,11H2. The maximum atomic E-state index is 6.00. The van der Waals surface area contributed by atoms with Crippen LogP contribution in [0.1, 0.15) is 24.0 Å². The first-order chi connectivity index (χ1) is 5.21. The van der Waals surface area contributed by atoms with E-state index in [0.29, 0.717) is 0 Å². The van der Waals surface area contributed by atoms with Gasteiger partial charge in [-0.15, -0.1) is 0 Å². The molecule has 0 bridgehead atoms. The van der Waals surface area contributed by atoms with Crippen LogP contribution in [0.4, 0.5) is 0 Å². The first-order valence-electron chi connectivity index (χ1n) is 3.92. The molecule has 2 N–H and O–H groups in total. The number of hydrogen-bond donors (Lipinski definition) is 1. The Labute approximate surface area is 67.2 Å². The minimum Gasteiger partial charge on any atom is -0.321 e. The molecule has 11 heavy (non-hydrogen) atoms. The summed E-state index contributed by atoms with van der Waals surface area (Å²) in [6, 6.07) is 8.19. The van der Waals surface area contributed by atoms with Crippen molar-refractivity contribution in [3.8, 4) is 0 Å². The first kappa shape index (κ1) is 6.86. The van der Waals surface area contributed by atoms with Gasteiger partial charge in [-0.1, -0.05) is 24.3 Å². The van der Waals surface area contributed by atoms with E-state index in [1.54, 1.807) is 0 Å². The van der Waals surface area contributed by atoms with Crippen LogP contribution in [0.25, 0.3) is 0 Å². The largest absolute Gasteiger partial charge is 0.321 e. The Bertz CT molecular complexity index is 257. The quantitative estimate of drug-likeness (QED) is 0.642. The van der Waals surface area contributed by atoms with Crippen LogP contribution in [0.3, 0.4) is 0 Å². The van der Waals surface area contributed by atoms with Gasteiger partial charge in [-0.25, -0.2) is 0 Å². The molecule has 0 saturated heterocycles. The molecule has 1 fully saturated rings. The average molecular weight is 146 g/mol. The molecule has 1 heteroatoms. The van der Waals surface area contributed by atoms with Crippen LogP contribution in [0.2, 0.25) is 0 Å². The lowest BCUT2D eigenvalue weighted by Crippen LogP contribution is -2.18. The van der Waals surface area contributed by atoms with Crippen LogP contribution in [0.5, 0.6) is 0 Å². The molecule has 0 atom stereocenters. The highest BCUT2D eigenvalue weighted by atomic mass is 14.8. The molecule has 0 unspecified atom stereocenters. The van der Waals surface area contributed by atoms with Crippen molar-refractivity contribution in [2.24, 2.45) is 5.73 Å². The van der Waals surface area contributed by atoms with Gasteiger partial charge in [0.05, 0.1) is 0 Å². The predicted molar refractivity (Wildman–Crippen MR) is 46.0 cm³/mol. The second-order valence-corrected chi connectivity index (χ2v) is 3.35. The smallest absolute Gasteiger partial charge is 0.0411 e. The molecule has 1 aromatic carbocycles. The minimum absolute atomic E-state index is 0.00764. The van der Waals surface area contributed by atoms with Gasteiger partial charge >= 0.3 is 0 Å². The van der Waals surface area contributed by atoms with Crippen molar-refractivity contribution in [2.45, 2.75) is 18.4 Å². The Morgan fingerprint density at radius 2 is 1.73 bits per heavy atom. The van der Waals surface area contributed by atoms with Gasteiger partial charge in [-0.3, -0.25) is 0 Å². The maximum Gasteiger partial charge on any atom is 0.0411 e. The molecule has 1 nitrogen and oxygen atoms in total. The van der Waals surface area contributed by atoms with Crippen LogP contribution < -0.4 is 5.73 Å². The van der Waals surface area contributed by atoms with E-state index in [4.69, 9.17) is 5.73 Å². The zero-order valence-corrected chi connectivity index (χ0v) is 6.51. The molecule has 57 valence electrons. The lowest BCUT2D eigenvalue weighted by Gasteiger charge is -2.07. The molecule has 0 spiro atoms. The molecule has 0 aliphatic heterocycles. The van der Waals surface area contributed by atoms with E-state index in [-0.39, 0.29) is 5.54 Å². The summed E-state index contributed by atoms with van der Waals surface area (Å²) in [6.45, 7) is 3.82. The van der Waals surface area contributed by atoms with Crippen molar-refractivity contribution in [3.05, 3.63) is 42.3 Å². The van der Waals surface area contributed by atoms with Crippen molar-refractivity contribution in [1.29, 1.82) is 0 Å². The Balaban J connectivity index is 2.33. The van der Waals surface area contributed by atoms with Crippen molar-refractivity contribution in [2.75, 3.05) is 0 Å². The third-order valence-electron chi connectivity index (χ3n) is 2.32. The third kappa shape index (κ3) is 1.16. The summed E-state index contributed by atoms with van der Waals surface area (Å²) in [4.78, 5) is 0. The Morgan fingerprint density at radius 1 is 1.18 bits per heavy atom. The van der Waals surface area contributed by atoms with Gasteiger partial charge in [0.1, 0.15) is 0 Å². The van der Waals surface area contributed by atoms with Gasteiger partial charge in [-0.2, -0.15) is 0 Å². The Kier molecular flexibility index (Phi) is 1.30. The fraction of sp³-hybridized carbons (Fsp3) is 0.300. The monoisotopic (exact) mass is 146 g/mol. The molecule has 1 aromatic rings. The van der Waals surface area contributed by atoms with Crippen LogP contribution in [0, 0.1) is 6.92 Å². The van der Waals surface area contributed by atoms with Gasteiger partial charge in [0.15, 0.2) is 0 Å². The molecular formula is C10H12N. The first-order valence-corrected chi connectivity index (χ1v) is 3.92. The van der Waals surface area contributed by atoms with Crippen LogP contribution in [0.15, 0.2) is 24.3 Å². The highest BCUT2D eigenvalue weighted by molar-refractivity contribution is 5.32. The number of hydrogen-bond acceptors (Lipinski definition) is 1. The summed E-state index contributed by atoms with van der Waals surface area (Å²) in [5.41, 5.74) is 8.31. The highest BCUT2D eigenvalue weighted by Crippen LogP contribution is 2.42. The number of rotatable bonds is 1. The summed E-state index contributed by atoms with van der Waals surface area (Å²) in [6.07, 6.45) is 2.26. The zero-order chi connectivity index (χ0) is 7.90. The zero-order valence-electron chi connectivity index (χ0n) is 6.51. The lowest BCUT2D eigenvalue weighted by atomic mass is 10.0. The van der Waals surface area contributed by atoms with E-state index in [0.717, 1.165) is 18.4 Å². The molecule has 1 radical (unpaired) electrons. The third-order valence-corrected chi connectivity index (χ3v) is 2.32. The van der Waals surface area contributed by atoms with E-state index >= 15 is 0 Å². The number of nitrogens with two attached hydrogens (primary N) is 1. The van der Waals surface area contributed by atoms with Crippen molar-refractivity contribution in [3.63, 3.8) is 0 Å². The average Bonchev–Trinajstić information content (AvgIpc) is 2.70. The van der Waals surface area contributed by atoms with Crippen molar-refractivity contribution >= 4 is 0 Å². The van der Waals surface area contributed by atoms with Crippen LogP contribution in [-0.4, -0.2) is 0 Å². The van der Waals surface area contributed by atoms with Gasteiger partial charge < -0.3 is 5.73 Å². The molecular weight excluding hydrogens is 134 g/mol. The van der Waals surface area contributed by atoms with Crippen molar-refractivity contribution in [1.82, 2.24) is 0 Å². The lowest BCUT2D eigenvalue weighted by molar-refractivity contribution is 0.740. The maximum absolute atomic E-state index is 6.00. The fourth-order valence-electron chi connectivity index (χ4n) is 1.26. The predicted octanol–water partition coefficient (Wildman–Crippen LogP) is 1.82. The topological polar surface area (TPSA) is 26.0 Å².